The van der Waals surface area contributed by atoms with Crippen LogP contribution in [-0.2, 0) is 11.3 Å². The fourth-order valence-electron chi connectivity index (χ4n) is 2.21. The van der Waals surface area contributed by atoms with Gasteiger partial charge in [-0.05, 0) is 5.56 Å². The van der Waals surface area contributed by atoms with Crippen LogP contribution in [0.3, 0.4) is 0 Å². The molecule has 2 aromatic heterocycles. The summed E-state index contributed by atoms with van der Waals surface area (Å²) in [6.07, 6.45) is 3.76. The van der Waals surface area contributed by atoms with Gasteiger partial charge in [0, 0.05) is 30.7 Å². The molecule has 0 aliphatic heterocycles. The first-order chi connectivity index (χ1) is 11.1. The molecule has 0 saturated carbocycles. The summed E-state index contributed by atoms with van der Waals surface area (Å²) in [5.74, 6) is -0.518. The molecule has 1 amide bonds. The molecule has 7 heteroatoms. The normalized spacial score (nSPS) is 10.9. The summed E-state index contributed by atoms with van der Waals surface area (Å²) in [5.41, 5.74) is 0.748. The fourth-order valence-corrected chi connectivity index (χ4v) is 3.18. The van der Waals surface area contributed by atoms with E-state index in [1.165, 1.54) is 36.1 Å². The van der Waals surface area contributed by atoms with Crippen molar-refractivity contribution >= 4 is 22.2 Å². The highest BCUT2D eigenvalue weighted by atomic mass is 32.1. The first-order valence-corrected chi connectivity index (χ1v) is 7.78. The van der Waals surface area contributed by atoms with Gasteiger partial charge < -0.3 is 0 Å². The van der Waals surface area contributed by atoms with Gasteiger partial charge in [-0.3, -0.25) is 18.8 Å². The van der Waals surface area contributed by atoms with Gasteiger partial charge in [-0.25, -0.2) is 10.0 Å². The quantitative estimate of drug-likeness (QED) is 0.687. The Balaban J connectivity index is 1.99. The summed E-state index contributed by atoms with van der Waals surface area (Å²) in [6, 6.07) is 9.98. The number of hydrogen-bond donors (Lipinski definition) is 0. The number of fused-ring (bicyclic) bond motifs is 1. The minimum Gasteiger partial charge on any atom is -0.274 e. The van der Waals surface area contributed by atoms with Gasteiger partial charge in [0.25, 0.3) is 11.5 Å². The van der Waals surface area contributed by atoms with Crippen LogP contribution in [0.2, 0.25) is 0 Å². The summed E-state index contributed by atoms with van der Waals surface area (Å²) in [6.45, 7) is 0. The lowest BCUT2D eigenvalue weighted by Gasteiger charge is -2.12. The Morgan fingerprint density at radius 1 is 1.35 bits per heavy atom. The molecule has 0 bridgehead atoms. The van der Waals surface area contributed by atoms with Crippen LogP contribution in [0.1, 0.15) is 20.8 Å². The number of benzene rings is 1. The van der Waals surface area contributed by atoms with Crippen LogP contribution in [0.4, 0.5) is 0 Å². The maximum absolute atomic E-state index is 12.5. The molecular formula is C16H15N3O3S. The molecule has 0 unspecified atom stereocenters. The van der Waals surface area contributed by atoms with Crippen LogP contribution in [0, 0.1) is 0 Å². The smallest absolute Gasteiger partial charge is 0.274 e. The highest BCUT2D eigenvalue weighted by molar-refractivity contribution is 7.17. The Kier molecular flexibility index (Phi) is 4.22. The highest BCUT2D eigenvalue weighted by Gasteiger charge is 2.18. The summed E-state index contributed by atoms with van der Waals surface area (Å²) in [4.78, 5) is 35.2. The Hall–Kier alpha value is -2.51. The zero-order chi connectivity index (χ0) is 16.4. The summed E-state index contributed by atoms with van der Waals surface area (Å²) in [7, 11) is 2.81. The maximum atomic E-state index is 12.5. The number of thiazole rings is 1. The Morgan fingerprint density at radius 2 is 2.09 bits per heavy atom. The number of carbonyl (C=O) groups excluding carboxylic acids is 1. The van der Waals surface area contributed by atoms with E-state index in [-0.39, 0.29) is 11.1 Å². The molecule has 23 heavy (non-hydrogen) atoms. The largest absolute Gasteiger partial charge is 0.284 e. The molecule has 6 nitrogen and oxygen atoms in total. The lowest BCUT2D eigenvalue weighted by molar-refractivity contribution is -0.0758. The van der Waals surface area contributed by atoms with Crippen LogP contribution in [-0.4, -0.2) is 34.5 Å². The number of hydroxylamine groups is 2. The van der Waals surface area contributed by atoms with Crippen molar-refractivity contribution in [1.82, 2.24) is 14.4 Å². The second kappa shape index (κ2) is 6.31. The van der Waals surface area contributed by atoms with Crippen LogP contribution >= 0.6 is 11.3 Å². The minimum absolute atomic E-state index is 0.0177. The summed E-state index contributed by atoms with van der Waals surface area (Å²) in [5, 5.41) is 1.00. The predicted molar refractivity (Wildman–Crippen MR) is 87.7 cm³/mol. The van der Waals surface area contributed by atoms with Gasteiger partial charge in [-0.2, -0.15) is 0 Å². The molecule has 0 aliphatic carbocycles. The second-order valence-electron chi connectivity index (χ2n) is 4.97. The van der Waals surface area contributed by atoms with Gasteiger partial charge in [0.2, 0.25) is 0 Å². The van der Waals surface area contributed by atoms with E-state index in [2.05, 4.69) is 4.98 Å². The van der Waals surface area contributed by atoms with Crippen molar-refractivity contribution in [2.45, 2.75) is 6.42 Å². The van der Waals surface area contributed by atoms with Gasteiger partial charge in [0.05, 0.1) is 7.11 Å². The van der Waals surface area contributed by atoms with E-state index in [1.54, 1.807) is 6.20 Å². The molecule has 3 aromatic rings. The summed E-state index contributed by atoms with van der Waals surface area (Å²) >= 11 is 1.44. The van der Waals surface area contributed by atoms with Crippen molar-refractivity contribution < 1.29 is 9.63 Å². The van der Waals surface area contributed by atoms with E-state index in [1.807, 2.05) is 30.3 Å². The zero-order valence-electron chi connectivity index (χ0n) is 12.7. The molecule has 0 atom stereocenters. The number of aromatic nitrogens is 2. The molecule has 0 N–H and O–H groups in total. The van der Waals surface area contributed by atoms with E-state index in [0.29, 0.717) is 4.96 Å². The average Bonchev–Trinajstić information content (AvgIpc) is 2.98. The third kappa shape index (κ3) is 3.01. The molecule has 0 aliphatic rings. The fraction of sp³-hybridized carbons (Fsp3) is 0.188. The van der Waals surface area contributed by atoms with E-state index in [9.17, 15) is 9.59 Å². The predicted octanol–water partition coefficient (Wildman–Crippen LogP) is 1.98. The van der Waals surface area contributed by atoms with Crippen molar-refractivity contribution in [3.63, 3.8) is 0 Å². The van der Waals surface area contributed by atoms with E-state index in [0.717, 1.165) is 21.9 Å². The van der Waals surface area contributed by atoms with Crippen LogP contribution in [0.5, 0.6) is 0 Å². The molecule has 0 saturated heterocycles. The first kappa shape index (κ1) is 15.4. The van der Waals surface area contributed by atoms with Crippen LogP contribution < -0.4 is 5.56 Å². The van der Waals surface area contributed by atoms with Crippen molar-refractivity contribution in [2.24, 2.45) is 0 Å². The van der Waals surface area contributed by atoms with E-state index in [4.69, 9.17) is 4.84 Å². The molecule has 118 valence electrons. The van der Waals surface area contributed by atoms with Crippen molar-refractivity contribution in [3.8, 4) is 0 Å². The van der Waals surface area contributed by atoms with E-state index < -0.39 is 5.91 Å². The Labute approximate surface area is 136 Å². The Bertz CT molecular complexity index is 902. The minimum atomic E-state index is -0.518. The molecule has 0 radical (unpaired) electrons. The van der Waals surface area contributed by atoms with Gasteiger partial charge in [0.15, 0.2) is 4.96 Å². The van der Waals surface area contributed by atoms with Gasteiger partial charge in [-0.15, -0.1) is 11.3 Å². The van der Waals surface area contributed by atoms with Crippen molar-refractivity contribution in [2.75, 3.05) is 14.2 Å². The summed E-state index contributed by atoms with van der Waals surface area (Å²) < 4.78 is 1.42. The lowest BCUT2D eigenvalue weighted by Crippen LogP contribution is -2.32. The van der Waals surface area contributed by atoms with Crippen LogP contribution in [0.25, 0.3) is 4.96 Å². The average molecular weight is 329 g/mol. The number of carbonyl (C=O) groups is 1. The lowest BCUT2D eigenvalue weighted by atomic mass is 10.1. The van der Waals surface area contributed by atoms with E-state index >= 15 is 0 Å². The van der Waals surface area contributed by atoms with Gasteiger partial charge in [-0.1, -0.05) is 30.3 Å². The standard InChI is InChI=1S/C16H15N3O3S/c1-18(22-2)14(20)13-9-17-16-19(15(13)21)10-12(23-16)8-11-6-4-3-5-7-11/h3-7,9-10H,8H2,1-2H3. The highest BCUT2D eigenvalue weighted by Crippen LogP contribution is 2.18. The third-order valence-electron chi connectivity index (χ3n) is 3.47. The number of hydrogen-bond acceptors (Lipinski definition) is 5. The Morgan fingerprint density at radius 3 is 2.78 bits per heavy atom. The second-order valence-corrected chi connectivity index (χ2v) is 6.07. The molecule has 3 rings (SSSR count). The van der Waals surface area contributed by atoms with Gasteiger partial charge >= 0.3 is 0 Å². The molecule has 1 aromatic carbocycles. The zero-order valence-corrected chi connectivity index (χ0v) is 13.5. The first-order valence-electron chi connectivity index (χ1n) is 6.96. The topological polar surface area (TPSA) is 63.9 Å². The molecular weight excluding hydrogens is 314 g/mol. The van der Waals surface area contributed by atoms with Crippen molar-refractivity contribution in [1.29, 1.82) is 0 Å². The SMILES string of the molecule is CON(C)C(=O)c1cnc2sc(Cc3ccccc3)cn2c1=O. The number of rotatable bonds is 4. The van der Waals surface area contributed by atoms with Crippen molar-refractivity contribution in [3.05, 3.63) is 69.1 Å². The van der Waals surface area contributed by atoms with Gasteiger partial charge in [0.1, 0.15) is 5.56 Å². The molecule has 2 heterocycles. The number of nitrogens with zero attached hydrogens (tertiary/aromatic N) is 3. The third-order valence-corrected chi connectivity index (χ3v) is 4.46. The molecule has 0 spiro atoms. The monoisotopic (exact) mass is 329 g/mol. The maximum Gasteiger partial charge on any atom is 0.284 e. The molecule has 0 fully saturated rings. The number of amides is 1. The van der Waals surface area contributed by atoms with Crippen LogP contribution in [0.15, 0.2) is 47.5 Å².